The summed E-state index contributed by atoms with van der Waals surface area (Å²) >= 11 is 1.61. The Morgan fingerprint density at radius 2 is 2.24 bits per heavy atom. The molecule has 0 saturated carbocycles. The van der Waals surface area contributed by atoms with Gasteiger partial charge in [0.2, 0.25) is 5.91 Å². The number of anilines is 1. The van der Waals surface area contributed by atoms with E-state index in [-0.39, 0.29) is 11.9 Å². The summed E-state index contributed by atoms with van der Waals surface area (Å²) in [6.45, 7) is 2.53. The van der Waals surface area contributed by atoms with Crippen LogP contribution in [0.5, 0.6) is 0 Å². The molecule has 2 N–H and O–H groups in total. The molecule has 2 aliphatic heterocycles. The third-order valence-corrected chi connectivity index (χ3v) is 6.04. The van der Waals surface area contributed by atoms with E-state index in [2.05, 4.69) is 21.7 Å². The molecule has 1 amide bonds. The minimum absolute atomic E-state index is 0.0236. The Labute approximate surface area is 150 Å². The number of aromatic nitrogens is 1. The molecule has 25 heavy (non-hydrogen) atoms. The first kappa shape index (κ1) is 16.3. The number of pyridine rings is 1. The molecule has 2 aromatic rings. The van der Waals surface area contributed by atoms with Gasteiger partial charge in [0.25, 0.3) is 0 Å². The van der Waals surface area contributed by atoms with Gasteiger partial charge in [-0.05, 0) is 43.7 Å². The highest BCUT2D eigenvalue weighted by Gasteiger charge is 2.30. The standard InChI is InChI=1S/C18H21N5OS/c19-10-12-11-21-17(16-14(12)5-9-25-16)22-13-3-7-23(8-4-13)18(24)15-2-1-6-20-15/h5,9,11,13,15,20H,1-4,6-8H2,(H,21,22)/t15-/m0/s1. The fourth-order valence-corrected chi connectivity index (χ4v) is 4.58. The summed E-state index contributed by atoms with van der Waals surface area (Å²) in [5.41, 5.74) is 0.617. The lowest BCUT2D eigenvalue weighted by Gasteiger charge is -2.34. The van der Waals surface area contributed by atoms with Crippen molar-refractivity contribution in [1.29, 1.82) is 5.26 Å². The quantitative estimate of drug-likeness (QED) is 0.883. The summed E-state index contributed by atoms with van der Waals surface area (Å²) in [5, 5.41) is 19.0. The summed E-state index contributed by atoms with van der Waals surface area (Å²) in [7, 11) is 0. The van der Waals surface area contributed by atoms with Crippen molar-refractivity contribution in [3.05, 3.63) is 23.2 Å². The number of carbonyl (C=O) groups is 1. The average molecular weight is 355 g/mol. The molecule has 0 radical (unpaired) electrons. The molecule has 0 spiro atoms. The number of hydrogen-bond acceptors (Lipinski definition) is 6. The Kier molecular flexibility index (Phi) is 4.55. The van der Waals surface area contributed by atoms with Crippen LogP contribution in [0.25, 0.3) is 10.1 Å². The predicted octanol–water partition coefficient (Wildman–Crippen LogP) is 2.32. The summed E-state index contributed by atoms with van der Waals surface area (Å²) in [6, 6.07) is 4.51. The highest BCUT2D eigenvalue weighted by Crippen LogP contribution is 2.30. The van der Waals surface area contributed by atoms with Crippen molar-refractivity contribution in [2.24, 2.45) is 0 Å². The molecule has 0 aromatic carbocycles. The minimum atomic E-state index is 0.0236. The van der Waals surface area contributed by atoms with Gasteiger partial charge in [-0.25, -0.2) is 4.98 Å². The van der Waals surface area contributed by atoms with Gasteiger partial charge in [0.1, 0.15) is 11.9 Å². The van der Waals surface area contributed by atoms with Crippen molar-refractivity contribution >= 4 is 33.1 Å². The van der Waals surface area contributed by atoms with E-state index in [9.17, 15) is 10.1 Å². The van der Waals surface area contributed by atoms with Crippen LogP contribution in [0.15, 0.2) is 17.6 Å². The van der Waals surface area contributed by atoms with Gasteiger partial charge < -0.3 is 15.5 Å². The van der Waals surface area contributed by atoms with Gasteiger partial charge in [-0.2, -0.15) is 5.26 Å². The Bertz CT molecular complexity index is 812. The highest BCUT2D eigenvalue weighted by molar-refractivity contribution is 7.17. The molecule has 1 atom stereocenters. The zero-order valence-corrected chi connectivity index (χ0v) is 14.8. The summed E-state index contributed by atoms with van der Waals surface area (Å²) < 4.78 is 1.03. The Morgan fingerprint density at radius 1 is 1.40 bits per heavy atom. The maximum Gasteiger partial charge on any atom is 0.239 e. The second-order valence-corrected chi connectivity index (χ2v) is 7.60. The van der Waals surface area contributed by atoms with Crippen molar-refractivity contribution < 1.29 is 4.79 Å². The number of hydrogen-bond donors (Lipinski definition) is 2. The van der Waals surface area contributed by atoms with Gasteiger partial charge in [-0.3, -0.25) is 4.79 Å². The first-order valence-corrected chi connectivity index (χ1v) is 9.69. The molecule has 2 aliphatic rings. The fourth-order valence-electron chi connectivity index (χ4n) is 3.71. The van der Waals surface area contributed by atoms with Gasteiger partial charge in [0.05, 0.1) is 16.3 Å². The van der Waals surface area contributed by atoms with Crippen molar-refractivity contribution in [3.8, 4) is 6.07 Å². The number of likely N-dealkylation sites (tertiary alicyclic amines) is 1. The van der Waals surface area contributed by atoms with Crippen LogP contribution < -0.4 is 10.6 Å². The van der Waals surface area contributed by atoms with Gasteiger partial charge in [0.15, 0.2) is 0 Å². The van der Waals surface area contributed by atoms with E-state index < -0.39 is 0 Å². The van der Waals surface area contributed by atoms with Crippen LogP contribution in [0.4, 0.5) is 5.82 Å². The largest absolute Gasteiger partial charge is 0.366 e. The van der Waals surface area contributed by atoms with Crippen molar-refractivity contribution in [1.82, 2.24) is 15.2 Å². The predicted molar refractivity (Wildman–Crippen MR) is 98.6 cm³/mol. The van der Waals surface area contributed by atoms with Gasteiger partial charge >= 0.3 is 0 Å². The molecule has 0 aliphatic carbocycles. The monoisotopic (exact) mass is 355 g/mol. The SMILES string of the molecule is N#Cc1cnc(NC2CCN(C(=O)[C@@H]3CCCN3)CC2)c2sccc12. The van der Waals surface area contributed by atoms with E-state index >= 15 is 0 Å². The number of fused-ring (bicyclic) bond motifs is 1. The van der Waals surface area contributed by atoms with Crippen LogP contribution in [0.3, 0.4) is 0 Å². The second-order valence-electron chi connectivity index (χ2n) is 6.69. The Hall–Kier alpha value is -2.17. The Balaban J connectivity index is 1.40. The number of amides is 1. The lowest BCUT2D eigenvalue weighted by Crippen LogP contribution is -2.48. The number of nitriles is 1. The molecule has 6 nitrogen and oxygen atoms in total. The van der Waals surface area contributed by atoms with Crippen LogP contribution in [0, 0.1) is 11.3 Å². The van der Waals surface area contributed by atoms with Gasteiger partial charge in [-0.1, -0.05) is 0 Å². The number of nitrogens with zero attached hydrogens (tertiary/aromatic N) is 3. The van der Waals surface area contributed by atoms with E-state index in [1.807, 2.05) is 16.3 Å². The summed E-state index contributed by atoms with van der Waals surface area (Å²) in [5.74, 6) is 1.11. The summed E-state index contributed by atoms with van der Waals surface area (Å²) in [6.07, 6.45) is 5.54. The minimum Gasteiger partial charge on any atom is -0.366 e. The van der Waals surface area contributed by atoms with Gasteiger partial charge in [-0.15, -0.1) is 11.3 Å². The van der Waals surface area contributed by atoms with E-state index in [0.717, 1.165) is 61.2 Å². The zero-order valence-electron chi connectivity index (χ0n) is 14.0. The lowest BCUT2D eigenvalue weighted by molar-refractivity contribution is -0.134. The lowest BCUT2D eigenvalue weighted by atomic mass is 10.0. The van der Waals surface area contributed by atoms with Crippen LogP contribution in [0.2, 0.25) is 0 Å². The van der Waals surface area contributed by atoms with Crippen molar-refractivity contribution in [2.75, 3.05) is 25.0 Å². The fraction of sp³-hybridized carbons (Fsp3) is 0.500. The van der Waals surface area contributed by atoms with E-state index in [0.29, 0.717) is 11.6 Å². The zero-order chi connectivity index (χ0) is 17.2. The molecule has 7 heteroatoms. The molecule has 130 valence electrons. The molecule has 0 bridgehead atoms. The third kappa shape index (κ3) is 3.20. The van der Waals surface area contributed by atoms with Gasteiger partial charge in [0, 0.05) is 30.7 Å². The van der Waals surface area contributed by atoms with E-state index in [1.54, 1.807) is 17.5 Å². The summed E-state index contributed by atoms with van der Waals surface area (Å²) in [4.78, 5) is 18.9. The van der Waals surface area contributed by atoms with Crippen molar-refractivity contribution in [3.63, 3.8) is 0 Å². The number of carbonyl (C=O) groups excluding carboxylic acids is 1. The Morgan fingerprint density at radius 3 is 2.96 bits per heavy atom. The normalized spacial score (nSPS) is 21.4. The molecule has 0 unspecified atom stereocenters. The topological polar surface area (TPSA) is 81.1 Å². The first-order valence-electron chi connectivity index (χ1n) is 8.81. The van der Waals surface area contributed by atoms with Crippen LogP contribution in [0.1, 0.15) is 31.2 Å². The van der Waals surface area contributed by atoms with Crippen LogP contribution in [-0.2, 0) is 4.79 Å². The molecular weight excluding hydrogens is 334 g/mol. The third-order valence-electron chi connectivity index (χ3n) is 5.12. The van der Waals surface area contributed by atoms with Crippen molar-refractivity contribution in [2.45, 2.75) is 37.8 Å². The smallest absolute Gasteiger partial charge is 0.239 e. The van der Waals surface area contributed by atoms with Crippen LogP contribution >= 0.6 is 11.3 Å². The first-order chi connectivity index (χ1) is 12.3. The molecular formula is C18H21N5OS. The number of rotatable bonds is 3. The maximum absolute atomic E-state index is 12.5. The molecule has 2 aromatic heterocycles. The number of thiophene rings is 1. The number of piperidine rings is 1. The molecule has 4 heterocycles. The van der Waals surface area contributed by atoms with Crippen LogP contribution in [-0.4, -0.2) is 47.5 Å². The maximum atomic E-state index is 12.5. The average Bonchev–Trinajstić information content (AvgIpc) is 3.34. The van der Waals surface area contributed by atoms with E-state index in [4.69, 9.17) is 0 Å². The molecule has 4 rings (SSSR count). The van der Waals surface area contributed by atoms with E-state index in [1.165, 1.54) is 0 Å². The molecule has 2 saturated heterocycles. The number of nitrogens with one attached hydrogen (secondary N) is 2. The highest BCUT2D eigenvalue weighted by atomic mass is 32.1. The molecule has 2 fully saturated rings. The second kappa shape index (κ2) is 6.98.